The Morgan fingerprint density at radius 2 is 1.97 bits per heavy atom. The summed E-state index contributed by atoms with van der Waals surface area (Å²) < 4.78 is 10.6. The first kappa shape index (κ1) is 26.5. The summed E-state index contributed by atoms with van der Waals surface area (Å²) in [6.07, 6.45) is 7.49. The van der Waals surface area contributed by atoms with Gasteiger partial charge in [-0.15, -0.1) is 0 Å². The molecule has 2 rings (SSSR count). The fourth-order valence-corrected chi connectivity index (χ4v) is 3.66. The number of benzene rings is 1. The SMILES string of the molecule is O=C(CC1CC=CCCCC(Cc2ccccc2)C(=O)OCCNC1=O)NCCOCCO. The smallest absolute Gasteiger partial charge is 0.309 e. The Morgan fingerprint density at radius 3 is 2.76 bits per heavy atom. The molecule has 1 heterocycles. The van der Waals surface area contributed by atoms with Crippen molar-refractivity contribution in [2.75, 3.05) is 39.5 Å². The second-order valence-corrected chi connectivity index (χ2v) is 8.07. The Balaban J connectivity index is 1.87. The molecule has 0 aliphatic carbocycles. The number of aliphatic hydroxyl groups is 1. The second kappa shape index (κ2) is 16.0. The van der Waals surface area contributed by atoms with Crippen LogP contribution in [0.25, 0.3) is 0 Å². The predicted octanol–water partition coefficient (Wildman–Crippen LogP) is 1.77. The van der Waals surface area contributed by atoms with Crippen LogP contribution in [0.1, 0.15) is 37.7 Å². The van der Waals surface area contributed by atoms with Crippen molar-refractivity contribution in [2.24, 2.45) is 11.8 Å². The van der Waals surface area contributed by atoms with E-state index in [-0.39, 0.29) is 56.5 Å². The summed E-state index contributed by atoms with van der Waals surface area (Å²) in [5.74, 6) is -1.41. The lowest BCUT2D eigenvalue weighted by atomic mass is 9.93. The lowest BCUT2D eigenvalue weighted by Gasteiger charge is -2.18. The average molecular weight is 461 g/mol. The number of esters is 1. The maximum atomic E-state index is 12.6. The summed E-state index contributed by atoms with van der Waals surface area (Å²) >= 11 is 0. The van der Waals surface area contributed by atoms with Gasteiger partial charge in [0.05, 0.1) is 38.2 Å². The minimum atomic E-state index is -0.496. The minimum Gasteiger partial charge on any atom is -0.464 e. The van der Waals surface area contributed by atoms with Crippen LogP contribution in [0.4, 0.5) is 0 Å². The van der Waals surface area contributed by atoms with Crippen molar-refractivity contribution in [3.63, 3.8) is 0 Å². The van der Waals surface area contributed by atoms with Crippen molar-refractivity contribution in [1.82, 2.24) is 10.6 Å². The van der Waals surface area contributed by atoms with Crippen molar-refractivity contribution in [1.29, 1.82) is 0 Å². The van der Waals surface area contributed by atoms with Crippen molar-refractivity contribution < 1.29 is 29.0 Å². The largest absolute Gasteiger partial charge is 0.464 e. The first-order valence-corrected chi connectivity index (χ1v) is 11.7. The summed E-state index contributed by atoms with van der Waals surface area (Å²) in [5, 5.41) is 14.2. The van der Waals surface area contributed by atoms with E-state index in [1.54, 1.807) is 0 Å². The zero-order chi connectivity index (χ0) is 23.7. The van der Waals surface area contributed by atoms with Crippen LogP contribution in [-0.4, -0.2) is 62.4 Å². The van der Waals surface area contributed by atoms with E-state index >= 15 is 0 Å². The quantitative estimate of drug-likeness (QED) is 0.294. The molecule has 1 aromatic rings. The molecule has 2 amide bonds. The Bertz CT molecular complexity index is 753. The van der Waals surface area contributed by atoms with Crippen LogP contribution >= 0.6 is 0 Å². The van der Waals surface area contributed by atoms with Gasteiger partial charge in [0.1, 0.15) is 6.61 Å². The number of aliphatic hydroxyl groups excluding tert-OH is 1. The molecule has 1 aromatic carbocycles. The molecule has 2 unspecified atom stereocenters. The van der Waals surface area contributed by atoms with E-state index in [9.17, 15) is 14.4 Å². The highest BCUT2D eigenvalue weighted by Gasteiger charge is 2.23. The molecule has 0 aromatic heterocycles. The van der Waals surface area contributed by atoms with Gasteiger partial charge in [0.15, 0.2) is 0 Å². The molecule has 1 aliphatic heterocycles. The van der Waals surface area contributed by atoms with Crippen LogP contribution in [0.5, 0.6) is 0 Å². The normalized spacial score (nSPS) is 20.4. The number of carbonyl (C=O) groups excluding carboxylic acids is 3. The minimum absolute atomic E-state index is 0.0640. The number of carbonyl (C=O) groups is 3. The number of allylic oxidation sites excluding steroid dienone is 2. The molecule has 0 saturated carbocycles. The first-order chi connectivity index (χ1) is 16.1. The number of ether oxygens (including phenoxy) is 2. The van der Waals surface area contributed by atoms with Crippen molar-refractivity contribution in [3.05, 3.63) is 48.0 Å². The highest BCUT2D eigenvalue weighted by Crippen LogP contribution is 2.18. The van der Waals surface area contributed by atoms with Crippen LogP contribution in [0.15, 0.2) is 42.5 Å². The third-order valence-corrected chi connectivity index (χ3v) is 5.42. The predicted molar refractivity (Wildman–Crippen MR) is 124 cm³/mol. The lowest BCUT2D eigenvalue weighted by molar-refractivity contribution is -0.149. The van der Waals surface area contributed by atoms with Gasteiger partial charge < -0.3 is 25.2 Å². The Kier molecular flexibility index (Phi) is 12.9. The van der Waals surface area contributed by atoms with Crippen LogP contribution in [0.3, 0.4) is 0 Å². The fraction of sp³-hybridized carbons (Fsp3) is 0.560. The molecule has 0 fully saturated rings. The molecule has 0 bridgehead atoms. The monoisotopic (exact) mass is 460 g/mol. The molecule has 8 heteroatoms. The van der Waals surface area contributed by atoms with Gasteiger partial charge in [0, 0.05) is 13.0 Å². The Hall–Kier alpha value is -2.71. The lowest BCUT2D eigenvalue weighted by Crippen LogP contribution is -2.37. The molecule has 0 radical (unpaired) electrons. The van der Waals surface area contributed by atoms with Crippen LogP contribution in [0, 0.1) is 11.8 Å². The Morgan fingerprint density at radius 1 is 1.15 bits per heavy atom. The molecule has 182 valence electrons. The zero-order valence-corrected chi connectivity index (χ0v) is 19.2. The maximum absolute atomic E-state index is 12.6. The van der Waals surface area contributed by atoms with Gasteiger partial charge >= 0.3 is 5.97 Å². The van der Waals surface area contributed by atoms with Crippen molar-refractivity contribution >= 4 is 17.8 Å². The highest BCUT2D eigenvalue weighted by atomic mass is 16.5. The van der Waals surface area contributed by atoms with Crippen molar-refractivity contribution in [3.8, 4) is 0 Å². The van der Waals surface area contributed by atoms with Gasteiger partial charge in [0.25, 0.3) is 0 Å². The molecule has 1 aliphatic rings. The molecule has 0 spiro atoms. The molecular formula is C25H36N2O6. The standard InChI is InChI=1S/C25H36N2O6/c28-14-17-32-15-12-26-23(29)19-21-10-6-1-2-7-11-22(18-20-8-4-3-5-9-20)25(31)33-16-13-27-24(21)30/h1,3-6,8-9,21-22,28H,2,7,10-19H2,(H,26,29)(H,27,30). The topological polar surface area (TPSA) is 114 Å². The van der Waals surface area contributed by atoms with E-state index in [4.69, 9.17) is 14.6 Å². The second-order valence-electron chi connectivity index (χ2n) is 8.07. The molecule has 2 atom stereocenters. The fourth-order valence-electron chi connectivity index (χ4n) is 3.66. The molecule has 0 saturated heterocycles. The summed E-state index contributed by atoms with van der Waals surface area (Å²) in [4.78, 5) is 37.4. The molecule has 8 nitrogen and oxygen atoms in total. The van der Waals surface area contributed by atoms with Gasteiger partial charge in [-0.2, -0.15) is 0 Å². The van der Waals surface area contributed by atoms with Gasteiger partial charge in [-0.3, -0.25) is 14.4 Å². The van der Waals surface area contributed by atoms with Gasteiger partial charge in [-0.1, -0.05) is 42.5 Å². The number of amides is 2. The summed E-state index contributed by atoms with van der Waals surface area (Å²) in [7, 11) is 0. The molecular weight excluding hydrogens is 424 g/mol. The van der Waals surface area contributed by atoms with E-state index in [2.05, 4.69) is 10.6 Å². The maximum Gasteiger partial charge on any atom is 0.309 e. The number of nitrogens with one attached hydrogen (secondary N) is 2. The molecule has 3 N–H and O–H groups in total. The van der Waals surface area contributed by atoms with E-state index < -0.39 is 5.92 Å². The Labute approximate surface area is 195 Å². The first-order valence-electron chi connectivity index (χ1n) is 11.7. The van der Waals surface area contributed by atoms with E-state index in [1.165, 1.54) is 0 Å². The number of hydrogen-bond acceptors (Lipinski definition) is 6. The zero-order valence-electron chi connectivity index (χ0n) is 19.2. The third kappa shape index (κ3) is 11.1. The molecule has 33 heavy (non-hydrogen) atoms. The average Bonchev–Trinajstić information content (AvgIpc) is 2.82. The van der Waals surface area contributed by atoms with Gasteiger partial charge in [0.2, 0.25) is 11.8 Å². The summed E-state index contributed by atoms with van der Waals surface area (Å²) in [5.41, 5.74) is 1.10. The van der Waals surface area contributed by atoms with Crippen LogP contribution in [0.2, 0.25) is 0 Å². The highest BCUT2D eigenvalue weighted by molar-refractivity contribution is 5.85. The summed E-state index contributed by atoms with van der Waals surface area (Å²) in [6, 6.07) is 9.90. The number of hydrogen-bond donors (Lipinski definition) is 3. The van der Waals surface area contributed by atoms with Gasteiger partial charge in [-0.05, 0) is 37.7 Å². The van der Waals surface area contributed by atoms with Crippen LogP contribution < -0.4 is 10.6 Å². The van der Waals surface area contributed by atoms with Crippen LogP contribution in [-0.2, 0) is 30.3 Å². The third-order valence-electron chi connectivity index (χ3n) is 5.42. The van der Waals surface area contributed by atoms with Crippen molar-refractivity contribution in [2.45, 2.75) is 38.5 Å². The number of cyclic esters (lactones) is 1. The number of rotatable bonds is 9. The van der Waals surface area contributed by atoms with Gasteiger partial charge in [-0.25, -0.2) is 0 Å². The van der Waals surface area contributed by atoms with E-state index in [1.807, 2.05) is 42.5 Å². The van der Waals surface area contributed by atoms with E-state index in [0.29, 0.717) is 26.0 Å². The summed E-state index contributed by atoms with van der Waals surface area (Å²) in [6.45, 7) is 1.10. The van der Waals surface area contributed by atoms with E-state index in [0.717, 1.165) is 24.8 Å².